The lowest BCUT2D eigenvalue weighted by molar-refractivity contribution is -0.121. The quantitative estimate of drug-likeness (QED) is 0.615. The van der Waals surface area contributed by atoms with E-state index in [1.54, 1.807) is 0 Å². The minimum atomic E-state index is 0.219. The molecule has 0 aliphatic carbocycles. The van der Waals surface area contributed by atoms with Crippen molar-refractivity contribution < 1.29 is 4.79 Å². The lowest BCUT2D eigenvalue weighted by atomic mass is 9.92. The van der Waals surface area contributed by atoms with E-state index in [0.29, 0.717) is 17.3 Å². The van der Waals surface area contributed by atoms with Gasteiger partial charge >= 0.3 is 0 Å². The summed E-state index contributed by atoms with van der Waals surface area (Å²) in [6.45, 7) is 14.3. The van der Waals surface area contributed by atoms with Gasteiger partial charge in [0.15, 0.2) is 0 Å². The minimum absolute atomic E-state index is 0.219. The Labute approximate surface area is 130 Å². The van der Waals surface area contributed by atoms with Crippen molar-refractivity contribution in [3.05, 3.63) is 0 Å². The summed E-state index contributed by atoms with van der Waals surface area (Å²) in [5, 5.41) is 3.02. The minimum Gasteiger partial charge on any atom is -0.356 e. The number of hydrogen-bond donors (Lipinski definition) is 1. The van der Waals surface area contributed by atoms with Crippen molar-refractivity contribution in [1.29, 1.82) is 0 Å². The number of nitrogens with one attached hydrogen (secondary N) is 1. The molecule has 0 saturated heterocycles. The molecule has 0 bridgehead atoms. The summed E-state index contributed by atoms with van der Waals surface area (Å²) in [6.07, 6.45) is 5.16. The summed E-state index contributed by atoms with van der Waals surface area (Å²) in [4.78, 5) is 11.6. The van der Waals surface area contributed by atoms with Gasteiger partial charge < -0.3 is 5.32 Å². The lowest BCUT2D eigenvalue weighted by Crippen LogP contribution is -2.26. The van der Waals surface area contributed by atoms with Crippen LogP contribution in [0.25, 0.3) is 0 Å². The van der Waals surface area contributed by atoms with Gasteiger partial charge in [-0.1, -0.05) is 48.0 Å². The van der Waals surface area contributed by atoms with E-state index < -0.39 is 0 Å². The van der Waals surface area contributed by atoms with E-state index in [0.717, 1.165) is 19.4 Å². The summed E-state index contributed by atoms with van der Waals surface area (Å²) in [6, 6.07) is 0. The molecular formula is C17H35NOS. The van der Waals surface area contributed by atoms with Crippen LogP contribution in [0.3, 0.4) is 0 Å². The molecule has 0 atom stereocenters. The Balaban J connectivity index is 3.36. The molecule has 0 aromatic rings. The molecule has 120 valence electrons. The number of carbonyl (C=O) groups excluding carboxylic acids is 1. The average molecular weight is 302 g/mol. The van der Waals surface area contributed by atoms with Gasteiger partial charge in [-0.2, -0.15) is 11.8 Å². The molecule has 3 heteroatoms. The maximum atomic E-state index is 11.6. The third-order valence-electron chi connectivity index (χ3n) is 2.92. The van der Waals surface area contributed by atoms with Gasteiger partial charge in [0.05, 0.1) is 0 Å². The number of rotatable bonds is 9. The fourth-order valence-corrected chi connectivity index (χ4v) is 2.88. The van der Waals surface area contributed by atoms with E-state index in [-0.39, 0.29) is 5.91 Å². The summed E-state index contributed by atoms with van der Waals surface area (Å²) in [7, 11) is 0. The summed E-state index contributed by atoms with van der Waals surface area (Å²) in [5.41, 5.74) is 0.731. The molecule has 0 aliphatic rings. The zero-order valence-electron chi connectivity index (χ0n) is 14.5. The van der Waals surface area contributed by atoms with Crippen molar-refractivity contribution in [2.45, 2.75) is 73.6 Å². The first kappa shape index (κ1) is 19.8. The van der Waals surface area contributed by atoms with Gasteiger partial charge in [0.2, 0.25) is 5.91 Å². The predicted octanol–water partition coefficient (Wildman–Crippen LogP) is 4.88. The van der Waals surface area contributed by atoms with Crippen molar-refractivity contribution in [3.63, 3.8) is 0 Å². The SMILES string of the molecule is CC(C)(C)CCNC(=O)CCCCCSCC(C)(C)C. The van der Waals surface area contributed by atoms with Gasteiger partial charge in [0.1, 0.15) is 0 Å². The molecule has 0 radical (unpaired) electrons. The maximum Gasteiger partial charge on any atom is 0.219 e. The second-order valence-electron chi connectivity index (χ2n) is 8.08. The van der Waals surface area contributed by atoms with Crippen LogP contribution in [0.1, 0.15) is 73.6 Å². The van der Waals surface area contributed by atoms with E-state index in [1.807, 2.05) is 11.8 Å². The second-order valence-corrected chi connectivity index (χ2v) is 9.19. The highest BCUT2D eigenvalue weighted by atomic mass is 32.2. The van der Waals surface area contributed by atoms with Gasteiger partial charge in [-0.05, 0) is 41.6 Å². The Bertz CT molecular complexity index is 263. The van der Waals surface area contributed by atoms with Gasteiger partial charge in [0.25, 0.3) is 0 Å². The molecule has 0 aromatic carbocycles. The Kier molecular flexibility index (Phi) is 9.61. The molecule has 0 aromatic heterocycles. The number of thioether (sulfide) groups is 1. The van der Waals surface area contributed by atoms with Gasteiger partial charge in [0, 0.05) is 13.0 Å². The van der Waals surface area contributed by atoms with E-state index in [4.69, 9.17) is 0 Å². The Morgan fingerprint density at radius 2 is 1.60 bits per heavy atom. The topological polar surface area (TPSA) is 29.1 Å². The van der Waals surface area contributed by atoms with Crippen LogP contribution in [0, 0.1) is 10.8 Å². The molecule has 0 saturated carbocycles. The van der Waals surface area contributed by atoms with Crippen LogP contribution < -0.4 is 5.32 Å². The van der Waals surface area contributed by atoms with E-state index in [9.17, 15) is 4.79 Å². The number of carbonyl (C=O) groups is 1. The van der Waals surface area contributed by atoms with E-state index in [1.165, 1.54) is 24.3 Å². The predicted molar refractivity (Wildman–Crippen MR) is 92.3 cm³/mol. The zero-order chi connectivity index (χ0) is 15.6. The van der Waals surface area contributed by atoms with Crippen molar-refractivity contribution >= 4 is 17.7 Å². The lowest BCUT2D eigenvalue weighted by Gasteiger charge is -2.18. The number of hydrogen-bond acceptors (Lipinski definition) is 2. The summed E-state index contributed by atoms with van der Waals surface area (Å²) in [5.74, 6) is 2.67. The molecular weight excluding hydrogens is 266 g/mol. The molecule has 2 nitrogen and oxygen atoms in total. The van der Waals surface area contributed by atoms with Crippen LogP contribution in [0.4, 0.5) is 0 Å². The monoisotopic (exact) mass is 301 g/mol. The van der Waals surface area contributed by atoms with E-state index in [2.05, 4.69) is 46.9 Å². The van der Waals surface area contributed by atoms with Crippen LogP contribution >= 0.6 is 11.8 Å². The van der Waals surface area contributed by atoms with Crippen LogP contribution in [0.2, 0.25) is 0 Å². The van der Waals surface area contributed by atoms with Crippen molar-refractivity contribution in [1.82, 2.24) is 5.32 Å². The Hall–Kier alpha value is -0.180. The summed E-state index contributed by atoms with van der Waals surface area (Å²) < 4.78 is 0. The molecule has 1 N–H and O–H groups in total. The fraction of sp³-hybridized carbons (Fsp3) is 0.941. The molecule has 1 amide bonds. The Morgan fingerprint density at radius 3 is 2.15 bits per heavy atom. The zero-order valence-corrected chi connectivity index (χ0v) is 15.3. The summed E-state index contributed by atoms with van der Waals surface area (Å²) >= 11 is 2.04. The third-order valence-corrected chi connectivity index (χ3v) is 4.57. The highest BCUT2D eigenvalue weighted by Crippen LogP contribution is 2.21. The van der Waals surface area contributed by atoms with Crippen LogP contribution in [0.5, 0.6) is 0 Å². The highest BCUT2D eigenvalue weighted by Gasteiger charge is 2.11. The van der Waals surface area contributed by atoms with Gasteiger partial charge in [-0.3, -0.25) is 4.79 Å². The molecule has 0 spiro atoms. The standard InChI is InChI=1S/C17H35NOS/c1-16(2,3)11-12-18-15(19)10-8-7-9-13-20-14-17(4,5)6/h7-14H2,1-6H3,(H,18,19). The van der Waals surface area contributed by atoms with E-state index >= 15 is 0 Å². The highest BCUT2D eigenvalue weighted by molar-refractivity contribution is 7.99. The molecule has 0 heterocycles. The number of amides is 1. The van der Waals surface area contributed by atoms with Gasteiger partial charge in [-0.25, -0.2) is 0 Å². The first-order valence-corrected chi connectivity index (χ1v) is 9.10. The maximum absolute atomic E-state index is 11.6. The number of unbranched alkanes of at least 4 members (excludes halogenated alkanes) is 2. The Morgan fingerprint density at radius 1 is 0.950 bits per heavy atom. The molecule has 20 heavy (non-hydrogen) atoms. The van der Waals surface area contributed by atoms with Crippen LogP contribution in [-0.2, 0) is 4.79 Å². The van der Waals surface area contributed by atoms with Crippen molar-refractivity contribution in [3.8, 4) is 0 Å². The molecule has 0 fully saturated rings. The molecule has 0 unspecified atom stereocenters. The van der Waals surface area contributed by atoms with Crippen LogP contribution in [-0.4, -0.2) is 24.0 Å². The third kappa shape index (κ3) is 15.9. The second kappa shape index (κ2) is 9.70. The molecule has 0 aliphatic heterocycles. The first-order valence-electron chi connectivity index (χ1n) is 7.95. The van der Waals surface area contributed by atoms with Crippen molar-refractivity contribution in [2.24, 2.45) is 10.8 Å². The largest absolute Gasteiger partial charge is 0.356 e. The normalized spacial score (nSPS) is 12.5. The van der Waals surface area contributed by atoms with Crippen LogP contribution in [0.15, 0.2) is 0 Å². The fourth-order valence-electron chi connectivity index (χ4n) is 1.71. The molecule has 0 rings (SSSR count). The average Bonchev–Trinajstić information content (AvgIpc) is 2.24. The van der Waals surface area contributed by atoms with Crippen molar-refractivity contribution in [2.75, 3.05) is 18.1 Å². The smallest absolute Gasteiger partial charge is 0.219 e. The first-order chi connectivity index (χ1) is 9.10. The van der Waals surface area contributed by atoms with Gasteiger partial charge in [-0.15, -0.1) is 0 Å².